The number of cyclic esters (lactones) is 1. The molecule has 0 unspecified atom stereocenters. The molecule has 2 aromatic carbocycles. The van der Waals surface area contributed by atoms with Gasteiger partial charge in [0.05, 0.1) is 12.0 Å². The summed E-state index contributed by atoms with van der Waals surface area (Å²) in [4.78, 5) is 27.3. The SMILES string of the molecule is CCc1oc2ccccc2c1/C=C1\N=C(c2ccc(OC)c([N+](=O)[O-])c2)OC1=O. The van der Waals surface area contributed by atoms with E-state index in [1.807, 2.05) is 31.2 Å². The van der Waals surface area contributed by atoms with Gasteiger partial charge in [0.25, 0.3) is 0 Å². The van der Waals surface area contributed by atoms with Gasteiger partial charge in [0.15, 0.2) is 11.4 Å². The quantitative estimate of drug-likeness (QED) is 0.278. The summed E-state index contributed by atoms with van der Waals surface area (Å²) in [7, 11) is 1.34. The Morgan fingerprint density at radius 1 is 1.24 bits per heavy atom. The van der Waals surface area contributed by atoms with Crippen LogP contribution in [0, 0.1) is 10.1 Å². The first kappa shape index (κ1) is 18.4. The van der Waals surface area contributed by atoms with E-state index in [2.05, 4.69) is 4.99 Å². The summed E-state index contributed by atoms with van der Waals surface area (Å²) >= 11 is 0. The van der Waals surface area contributed by atoms with Crippen molar-refractivity contribution in [2.24, 2.45) is 4.99 Å². The van der Waals surface area contributed by atoms with E-state index in [1.54, 1.807) is 12.1 Å². The molecule has 0 N–H and O–H groups in total. The van der Waals surface area contributed by atoms with E-state index in [0.29, 0.717) is 12.0 Å². The standard InChI is InChI=1S/C21H16N2O6/c1-3-17-14(13-6-4-5-7-18(13)28-17)11-15-21(24)29-20(22-15)12-8-9-19(27-2)16(10-12)23(25)26/h4-11H,3H2,1-2H3/b15-11-. The molecular formula is C21H16N2O6. The maximum absolute atomic E-state index is 12.4. The number of carbonyl (C=O) groups excluding carboxylic acids is 1. The van der Waals surface area contributed by atoms with E-state index in [1.165, 1.54) is 19.2 Å². The number of hydrogen-bond donors (Lipinski definition) is 0. The van der Waals surface area contributed by atoms with Crippen LogP contribution in [0.25, 0.3) is 17.0 Å². The smallest absolute Gasteiger partial charge is 0.363 e. The van der Waals surface area contributed by atoms with Crippen LogP contribution in [-0.4, -0.2) is 23.9 Å². The molecule has 8 heteroatoms. The summed E-state index contributed by atoms with van der Waals surface area (Å²) < 4.78 is 16.1. The van der Waals surface area contributed by atoms with Crippen molar-refractivity contribution < 1.29 is 23.6 Å². The van der Waals surface area contributed by atoms with Gasteiger partial charge in [-0.15, -0.1) is 0 Å². The predicted octanol–water partition coefficient (Wildman–Crippen LogP) is 4.26. The Morgan fingerprint density at radius 3 is 2.76 bits per heavy atom. The lowest BCUT2D eigenvalue weighted by Gasteiger charge is -2.03. The number of esters is 1. The van der Waals surface area contributed by atoms with Gasteiger partial charge in [-0.1, -0.05) is 25.1 Å². The van der Waals surface area contributed by atoms with E-state index in [0.717, 1.165) is 22.3 Å². The fourth-order valence-corrected chi connectivity index (χ4v) is 3.17. The number of nitro benzene ring substituents is 1. The molecule has 2 heterocycles. The minimum absolute atomic E-state index is 0.00199. The van der Waals surface area contributed by atoms with Gasteiger partial charge in [-0.25, -0.2) is 9.79 Å². The molecule has 4 rings (SSSR count). The van der Waals surface area contributed by atoms with Gasteiger partial charge in [0.1, 0.15) is 11.3 Å². The number of nitrogens with zero attached hydrogens (tertiary/aromatic N) is 2. The molecule has 1 aliphatic heterocycles. The zero-order chi connectivity index (χ0) is 20.5. The molecular weight excluding hydrogens is 376 g/mol. The second-order valence-electron chi connectivity index (χ2n) is 6.27. The predicted molar refractivity (Wildman–Crippen MR) is 106 cm³/mol. The number of nitro groups is 1. The molecule has 1 aliphatic rings. The molecule has 0 aliphatic carbocycles. The number of methoxy groups -OCH3 is 1. The van der Waals surface area contributed by atoms with Gasteiger partial charge < -0.3 is 13.9 Å². The van der Waals surface area contributed by atoms with Crippen molar-refractivity contribution in [2.75, 3.05) is 7.11 Å². The Labute approximate surface area is 165 Å². The van der Waals surface area contributed by atoms with E-state index in [-0.39, 0.29) is 23.0 Å². The van der Waals surface area contributed by atoms with Crippen LogP contribution in [0.1, 0.15) is 23.8 Å². The van der Waals surface area contributed by atoms with Gasteiger partial charge in [0, 0.05) is 29.0 Å². The lowest BCUT2D eigenvalue weighted by molar-refractivity contribution is -0.385. The topological polar surface area (TPSA) is 104 Å². The average molecular weight is 392 g/mol. The summed E-state index contributed by atoms with van der Waals surface area (Å²) in [5.74, 6) is 0.204. The molecule has 0 saturated carbocycles. The molecule has 146 valence electrons. The molecule has 0 atom stereocenters. The Bertz CT molecular complexity index is 1210. The van der Waals surface area contributed by atoms with Crippen molar-refractivity contribution in [3.63, 3.8) is 0 Å². The monoisotopic (exact) mass is 392 g/mol. The molecule has 0 amide bonds. The third-order valence-corrected chi connectivity index (χ3v) is 4.56. The fraction of sp³-hybridized carbons (Fsp3) is 0.143. The number of fused-ring (bicyclic) bond motifs is 1. The van der Waals surface area contributed by atoms with E-state index in [4.69, 9.17) is 13.9 Å². The number of furan rings is 1. The molecule has 0 radical (unpaired) electrons. The Morgan fingerprint density at radius 2 is 2.03 bits per heavy atom. The first-order valence-electron chi connectivity index (χ1n) is 8.87. The number of rotatable bonds is 5. The first-order chi connectivity index (χ1) is 14.0. The Kier molecular flexibility index (Phi) is 4.59. The van der Waals surface area contributed by atoms with Gasteiger partial charge in [0.2, 0.25) is 5.90 Å². The highest BCUT2D eigenvalue weighted by atomic mass is 16.6. The molecule has 8 nitrogen and oxygen atoms in total. The number of ether oxygens (including phenoxy) is 2. The van der Waals surface area contributed by atoms with Gasteiger partial charge >= 0.3 is 11.7 Å². The third-order valence-electron chi connectivity index (χ3n) is 4.56. The van der Waals surface area contributed by atoms with Crippen LogP contribution < -0.4 is 4.74 Å². The van der Waals surface area contributed by atoms with Crippen LogP contribution >= 0.6 is 0 Å². The van der Waals surface area contributed by atoms with Crippen molar-refractivity contribution in [3.8, 4) is 5.75 Å². The Balaban J connectivity index is 1.78. The summed E-state index contributed by atoms with van der Waals surface area (Å²) in [6.45, 7) is 1.96. The highest BCUT2D eigenvalue weighted by Gasteiger charge is 2.27. The largest absolute Gasteiger partial charge is 0.490 e. The third kappa shape index (κ3) is 3.25. The maximum atomic E-state index is 12.4. The number of para-hydroxylation sites is 1. The molecule has 1 aromatic heterocycles. The number of aryl methyl sites for hydroxylation is 1. The van der Waals surface area contributed by atoms with Gasteiger partial charge in [-0.2, -0.15) is 0 Å². The summed E-state index contributed by atoms with van der Waals surface area (Å²) in [6, 6.07) is 11.8. The minimum atomic E-state index is -0.634. The lowest BCUT2D eigenvalue weighted by Crippen LogP contribution is -2.06. The van der Waals surface area contributed by atoms with Crippen LogP contribution in [0.15, 0.2) is 57.6 Å². The van der Waals surface area contributed by atoms with Crippen LogP contribution in [-0.2, 0) is 16.0 Å². The fourth-order valence-electron chi connectivity index (χ4n) is 3.17. The summed E-state index contributed by atoms with van der Waals surface area (Å²) in [5, 5.41) is 12.1. The van der Waals surface area contributed by atoms with E-state index in [9.17, 15) is 14.9 Å². The highest BCUT2D eigenvalue weighted by molar-refractivity contribution is 6.13. The zero-order valence-electron chi connectivity index (χ0n) is 15.7. The number of benzene rings is 2. The highest BCUT2D eigenvalue weighted by Crippen LogP contribution is 2.32. The van der Waals surface area contributed by atoms with Crippen LogP contribution in [0.3, 0.4) is 0 Å². The van der Waals surface area contributed by atoms with Crippen molar-refractivity contribution in [1.82, 2.24) is 0 Å². The maximum Gasteiger partial charge on any atom is 0.363 e. The first-order valence-corrected chi connectivity index (χ1v) is 8.87. The zero-order valence-corrected chi connectivity index (χ0v) is 15.7. The number of aliphatic imine (C=N–C) groups is 1. The van der Waals surface area contributed by atoms with E-state index < -0.39 is 10.9 Å². The molecule has 0 spiro atoms. The number of carbonyl (C=O) groups is 1. The van der Waals surface area contributed by atoms with Crippen LogP contribution in [0.4, 0.5) is 5.69 Å². The van der Waals surface area contributed by atoms with Crippen LogP contribution in [0.5, 0.6) is 5.75 Å². The van der Waals surface area contributed by atoms with Crippen LogP contribution in [0.2, 0.25) is 0 Å². The lowest BCUT2D eigenvalue weighted by atomic mass is 10.1. The molecule has 3 aromatic rings. The van der Waals surface area contributed by atoms with Crippen molar-refractivity contribution in [2.45, 2.75) is 13.3 Å². The van der Waals surface area contributed by atoms with Crippen molar-refractivity contribution >= 4 is 34.6 Å². The normalized spacial score (nSPS) is 14.9. The van der Waals surface area contributed by atoms with Gasteiger partial charge in [-0.05, 0) is 24.3 Å². The van der Waals surface area contributed by atoms with Crippen molar-refractivity contribution in [1.29, 1.82) is 0 Å². The average Bonchev–Trinajstić information content (AvgIpc) is 3.28. The number of hydrogen-bond acceptors (Lipinski definition) is 7. The molecule has 0 saturated heterocycles. The summed E-state index contributed by atoms with van der Waals surface area (Å²) in [6.07, 6.45) is 2.27. The second kappa shape index (κ2) is 7.23. The summed E-state index contributed by atoms with van der Waals surface area (Å²) in [5.41, 5.74) is 1.65. The van der Waals surface area contributed by atoms with Gasteiger partial charge in [-0.3, -0.25) is 10.1 Å². The van der Waals surface area contributed by atoms with E-state index >= 15 is 0 Å². The molecule has 0 bridgehead atoms. The second-order valence-corrected chi connectivity index (χ2v) is 6.27. The van der Waals surface area contributed by atoms with Crippen molar-refractivity contribution in [3.05, 3.63) is 75.2 Å². The minimum Gasteiger partial charge on any atom is -0.490 e. The molecule has 29 heavy (non-hydrogen) atoms. The molecule has 0 fully saturated rings. The Hall–Kier alpha value is -3.94.